The number of imidazole rings is 1. The zero-order valence-corrected chi connectivity index (χ0v) is 7.73. The molecule has 0 saturated heterocycles. The Morgan fingerprint density at radius 1 is 1.54 bits per heavy atom. The second-order valence-corrected chi connectivity index (χ2v) is 3.15. The minimum absolute atomic E-state index is 0.513. The first-order chi connectivity index (χ1) is 6.20. The van der Waals surface area contributed by atoms with Gasteiger partial charge in [0.2, 0.25) is 0 Å². The molecule has 1 atom stereocenters. The van der Waals surface area contributed by atoms with Crippen molar-refractivity contribution in [2.45, 2.75) is 13.0 Å². The maximum Gasteiger partial charge on any atom is 0.162 e. The number of hydrogen-bond donors (Lipinski definition) is 1. The molecular weight excluding hydrogens is 190 g/mol. The van der Waals surface area contributed by atoms with E-state index in [1.165, 1.54) is 6.20 Å². The lowest BCUT2D eigenvalue weighted by Crippen LogP contribution is -1.99. The number of rotatable bonds is 1. The smallest absolute Gasteiger partial charge is 0.162 e. The first-order valence-corrected chi connectivity index (χ1v) is 4.23. The van der Waals surface area contributed by atoms with Crippen LogP contribution in [0.1, 0.15) is 18.7 Å². The molecular formula is C8H8ClN3O. The van der Waals surface area contributed by atoms with Gasteiger partial charge in [0.15, 0.2) is 5.65 Å². The van der Waals surface area contributed by atoms with E-state index in [0.717, 1.165) is 0 Å². The molecule has 0 amide bonds. The molecule has 68 valence electrons. The summed E-state index contributed by atoms with van der Waals surface area (Å²) in [7, 11) is 0. The fourth-order valence-corrected chi connectivity index (χ4v) is 1.39. The predicted octanol–water partition coefficient (Wildman–Crippen LogP) is 1.44. The Morgan fingerprint density at radius 2 is 2.31 bits per heavy atom. The van der Waals surface area contributed by atoms with E-state index in [2.05, 4.69) is 9.97 Å². The highest BCUT2D eigenvalue weighted by Crippen LogP contribution is 2.18. The summed E-state index contributed by atoms with van der Waals surface area (Å²) in [6, 6.07) is 0. The van der Waals surface area contributed by atoms with Gasteiger partial charge in [-0.25, -0.2) is 4.98 Å². The lowest BCUT2D eigenvalue weighted by molar-refractivity contribution is 0.195. The van der Waals surface area contributed by atoms with Crippen molar-refractivity contribution in [1.29, 1.82) is 0 Å². The van der Waals surface area contributed by atoms with Gasteiger partial charge >= 0.3 is 0 Å². The van der Waals surface area contributed by atoms with Crippen LogP contribution in [0.5, 0.6) is 0 Å². The summed E-state index contributed by atoms with van der Waals surface area (Å²) in [6.45, 7) is 1.64. The lowest BCUT2D eigenvalue weighted by atomic mass is 10.3. The topological polar surface area (TPSA) is 50.4 Å². The third-order valence-corrected chi connectivity index (χ3v) is 2.09. The van der Waals surface area contributed by atoms with Crippen molar-refractivity contribution < 1.29 is 5.11 Å². The van der Waals surface area contributed by atoms with E-state index in [0.29, 0.717) is 16.5 Å². The maximum absolute atomic E-state index is 9.37. The molecule has 2 rings (SSSR count). The first-order valence-electron chi connectivity index (χ1n) is 3.85. The molecule has 2 aromatic rings. The van der Waals surface area contributed by atoms with Crippen LogP contribution >= 0.6 is 11.6 Å². The van der Waals surface area contributed by atoms with Gasteiger partial charge in [-0.3, -0.25) is 9.38 Å². The summed E-state index contributed by atoms with van der Waals surface area (Å²) in [5.74, 6) is 0. The molecule has 4 nitrogen and oxygen atoms in total. The highest BCUT2D eigenvalue weighted by atomic mass is 35.5. The minimum Gasteiger partial charge on any atom is -0.387 e. The number of nitrogens with zero attached hydrogens (tertiary/aromatic N) is 3. The standard InChI is InChI=1S/C8H8ClN3O/c1-5(13)7-8-11-4-6(9)12(8)3-2-10-7/h2-5,13H,1H3. The SMILES string of the molecule is CC(O)c1nccn2c(Cl)cnc12. The van der Waals surface area contributed by atoms with Crippen molar-refractivity contribution in [2.75, 3.05) is 0 Å². The fourth-order valence-electron chi connectivity index (χ4n) is 1.20. The summed E-state index contributed by atoms with van der Waals surface area (Å²) >= 11 is 5.84. The van der Waals surface area contributed by atoms with E-state index in [4.69, 9.17) is 11.6 Å². The van der Waals surface area contributed by atoms with Crippen LogP contribution in [0.25, 0.3) is 5.65 Å². The normalized spacial score (nSPS) is 13.5. The van der Waals surface area contributed by atoms with E-state index in [-0.39, 0.29) is 0 Å². The molecule has 0 aromatic carbocycles. The van der Waals surface area contributed by atoms with Crippen LogP contribution < -0.4 is 0 Å². The average Bonchev–Trinajstić information content (AvgIpc) is 2.48. The number of aromatic nitrogens is 3. The van der Waals surface area contributed by atoms with E-state index < -0.39 is 6.10 Å². The highest BCUT2D eigenvalue weighted by Gasteiger charge is 2.10. The number of fused-ring (bicyclic) bond motifs is 1. The zero-order valence-electron chi connectivity index (χ0n) is 6.98. The average molecular weight is 198 g/mol. The van der Waals surface area contributed by atoms with Crippen LogP contribution in [0.4, 0.5) is 0 Å². The highest BCUT2D eigenvalue weighted by molar-refractivity contribution is 6.29. The van der Waals surface area contributed by atoms with Crippen molar-refractivity contribution >= 4 is 17.2 Å². The summed E-state index contributed by atoms with van der Waals surface area (Å²) in [5.41, 5.74) is 1.14. The largest absolute Gasteiger partial charge is 0.387 e. The quantitative estimate of drug-likeness (QED) is 0.753. The summed E-state index contributed by atoms with van der Waals surface area (Å²) in [6.07, 6.45) is 4.19. The van der Waals surface area contributed by atoms with Crippen molar-refractivity contribution in [3.05, 3.63) is 29.4 Å². The van der Waals surface area contributed by atoms with Gasteiger partial charge in [0.1, 0.15) is 10.8 Å². The molecule has 2 heterocycles. The van der Waals surface area contributed by atoms with E-state index in [9.17, 15) is 5.11 Å². The molecule has 0 spiro atoms. The Kier molecular flexibility index (Phi) is 1.94. The Labute approximate surface area is 79.8 Å². The molecule has 0 radical (unpaired) electrons. The molecule has 0 aliphatic carbocycles. The molecule has 0 aliphatic rings. The summed E-state index contributed by atoms with van der Waals surface area (Å²) in [5, 5.41) is 9.89. The van der Waals surface area contributed by atoms with Crippen molar-refractivity contribution in [3.8, 4) is 0 Å². The van der Waals surface area contributed by atoms with Crippen molar-refractivity contribution in [1.82, 2.24) is 14.4 Å². The van der Waals surface area contributed by atoms with Crippen LogP contribution in [0.2, 0.25) is 5.15 Å². The van der Waals surface area contributed by atoms with Gasteiger partial charge in [0.05, 0.1) is 12.3 Å². The second-order valence-electron chi connectivity index (χ2n) is 2.76. The van der Waals surface area contributed by atoms with Crippen molar-refractivity contribution in [2.24, 2.45) is 0 Å². The first kappa shape index (κ1) is 8.47. The third-order valence-electron chi connectivity index (χ3n) is 1.81. The molecule has 13 heavy (non-hydrogen) atoms. The molecule has 0 saturated carbocycles. The molecule has 0 aliphatic heterocycles. The minimum atomic E-state index is -0.637. The van der Waals surface area contributed by atoms with Gasteiger partial charge in [0, 0.05) is 12.4 Å². The third kappa shape index (κ3) is 1.28. The van der Waals surface area contributed by atoms with Gasteiger partial charge in [-0.1, -0.05) is 11.6 Å². The lowest BCUT2D eigenvalue weighted by Gasteiger charge is -2.04. The molecule has 0 bridgehead atoms. The fraction of sp³-hybridized carbons (Fsp3) is 0.250. The van der Waals surface area contributed by atoms with E-state index in [1.807, 2.05) is 0 Å². The van der Waals surface area contributed by atoms with Crippen molar-refractivity contribution in [3.63, 3.8) is 0 Å². The Morgan fingerprint density at radius 3 is 3.00 bits per heavy atom. The molecule has 1 N–H and O–H groups in total. The van der Waals surface area contributed by atoms with Gasteiger partial charge < -0.3 is 5.11 Å². The molecule has 0 fully saturated rings. The number of aliphatic hydroxyl groups excluding tert-OH is 1. The predicted molar refractivity (Wildman–Crippen MR) is 48.6 cm³/mol. The molecule has 1 unspecified atom stereocenters. The van der Waals surface area contributed by atoms with Crippen LogP contribution in [0.15, 0.2) is 18.6 Å². The second kappa shape index (κ2) is 2.97. The molecule has 5 heteroatoms. The van der Waals surface area contributed by atoms with Gasteiger partial charge in [-0.05, 0) is 6.92 Å². The van der Waals surface area contributed by atoms with Gasteiger partial charge in [-0.2, -0.15) is 0 Å². The monoisotopic (exact) mass is 197 g/mol. The maximum atomic E-state index is 9.37. The molecule has 2 aromatic heterocycles. The Bertz CT molecular complexity index is 438. The van der Waals surface area contributed by atoms with E-state index in [1.54, 1.807) is 23.7 Å². The number of hydrogen-bond acceptors (Lipinski definition) is 3. The Hall–Kier alpha value is -1.13. The van der Waals surface area contributed by atoms with Crippen LogP contribution in [0, 0.1) is 0 Å². The number of halogens is 1. The summed E-state index contributed by atoms with van der Waals surface area (Å²) < 4.78 is 1.68. The van der Waals surface area contributed by atoms with Gasteiger partial charge in [-0.15, -0.1) is 0 Å². The number of aliphatic hydroxyl groups is 1. The van der Waals surface area contributed by atoms with Crippen LogP contribution in [-0.4, -0.2) is 19.5 Å². The summed E-state index contributed by atoms with van der Waals surface area (Å²) in [4.78, 5) is 8.08. The van der Waals surface area contributed by atoms with E-state index >= 15 is 0 Å². The Balaban J connectivity index is 2.77. The van der Waals surface area contributed by atoms with Gasteiger partial charge in [0.25, 0.3) is 0 Å². The van der Waals surface area contributed by atoms with Crippen LogP contribution in [-0.2, 0) is 0 Å². The van der Waals surface area contributed by atoms with Crippen LogP contribution in [0.3, 0.4) is 0 Å². The zero-order chi connectivity index (χ0) is 9.42.